The first kappa shape index (κ1) is 30.6. The summed E-state index contributed by atoms with van der Waals surface area (Å²) in [7, 11) is -9.83. The van der Waals surface area contributed by atoms with Gasteiger partial charge in [-0.2, -0.15) is 16.8 Å². The zero-order valence-corrected chi connectivity index (χ0v) is 25.2. The Morgan fingerprint density at radius 2 is 0.870 bits per heavy atom. The lowest BCUT2D eigenvalue weighted by atomic mass is 10.0. The molecule has 0 fully saturated rings. The van der Waals surface area contributed by atoms with Crippen LogP contribution in [0.2, 0.25) is 0 Å². The van der Waals surface area contributed by atoms with Crippen molar-refractivity contribution in [3.63, 3.8) is 0 Å². The molecule has 6 rings (SSSR count). The van der Waals surface area contributed by atoms with Crippen LogP contribution >= 0.6 is 0 Å². The van der Waals surface area contributed by atoms with E-state index in [0.717, 1.165) is 12.1 Å². The van der Waals surface area contributed by atoms with E-state index in [4.69, 9.17) is 20.9 Å². The lowest BCUT2D eigenvalue weighted by molar-refractivity contribution is 0.103. The van der Waals surface area contributed by atoms with Gasteiger partial charge >= 0.3 is 0 Å². The summed E-state index contributed by atoms with van der Waals surface area (Å²) in [5, 5.41) is 2.48. The Bertz CT molecular complexity index is 2260. The van der Waals surface area contributed by atoms with E-state index in [9.17, 15) is 30.7 Å². The Hall–Kier alpha value is -5.47. The van der Waals surface area contributed by atoms with Crippen molar-refractivity contribution in [1.82, 2.24) is 0 Å². The number of hydrogen-bond donors (Lipinski definition) is 4. The summed E-state index contributed by atoms with van der Waals surface area (Å²) >= 11 is 0. The van der Waals surface area contributed by atoms with Crippen molar-refractivity contribution in [2.75, 3.05) is 11.5 Å². The molecule has 6 aromatic carbocycles. The van der Waals surface area contributed by atoms with E-state index in [0.29, 0.717) is 32.9 Å². The third kappa shape index (κ3) is 5.82. The number of ether oxygens (including phenoxy) is 2. The summed E-state index contributed by atoms with van der Waals surface area (Å²) < 4.78 is 81.4. The zero-order chi connectivity index (χ0) is 32.8. The van der Waals surface area contributed by atoms with Crippen LogP contribution < -0.4 is 20.9 Å². The summed E-state index contributed by atoms with van der Waals surface area (Å²) in [4.78, 5) is 12.1. The molecule has 0 aliphatic rings. The van der Waals surface area contributed by atoms with Crippen LogP contribution in [0.25, 0.3) is 21.5 Å². The third-order valence-corrected chi connectivity index (χ3v) is 8.99. The van der Waals surface area contributed by atoms with Gasteiger partial charge in [-0.15, -0.1) is 0 Å². The first-order valence-corrected chi connectivity index (χ1v) is 16.4. The van der Waals surface area contributed by atoms with E-state index in [1.54, 1.807) is 72.8 Å². The van der Waals surface area contributed by atoms with Crippen molar-refractivity contribution in [3.05, 3.63) is 120 Å². The standard InChI is InChI=1S/C33H24N2O9S2/c34-25-9-1-7-23-21(25)5-3-11-27(23)43-29-15-13-19(17-31(29)45(37,38)39)33(36)20-14-16-30(32(18-20)46(40,41)42)44-28-12-4-6-22-24(28)8-2-10-26(22)35/h1-18H,34-35H2,(H,37,38,39)(H,40,41,42). The molecule has 0 bridgehead atoms. The second kappa shape index (κ2) is 11.5. The summed E-state index contributed by atoms with van der Waals surface area (Å²) in [6.45, 7) is 0. The van der Waals surface area contributed by atoms with Gasteiger partial charge in [0.1, 0.15) is 32.8 Å². The maximum Gasteiger partial charge on any atom is 0.298 e. The van der Waals surface area contributed by atoms with Crippen LogP contribution in [0, 0.1) is 0 Å². The van der Waals surface area contributed by atoms with Gasteiger partial charge in [0.2, 0.25) is 0 Å². The Balaban J connectivity index is 1.38. The number of anilines is 2. The third-order valence-electron chi connectivity index (χ3n) is 7.24. The molecule has 0 aromatic heterocycles. The van der Waals surface area contributed by atoms with Crippen LogP contribution in [0.15, 0.2) is 119 Å². The Morgan fingerprint density at radius 1 is 0.500 bits per heavy atom. The maximum absolute atomic E-state index is 13.5. The molecule has 11 nitrogen and oxygen atoms in total. The molecular weight excluding hydrogens is 633 g/mol. The molecule has 0 heterocycles. The number of nitrogen functional groups attached to an aromatic ring is 2. The minimum atomic E-state index is -4.91. The predicted molar refractivity (Wildman–Crippen MR) is 173 cm³/mol. The van der Waals surface area contributed by atoms with Crippen LogP contribution in [0.4, 0.5) is 11.4 Å². The van der Waals surface area contributed by atoms with Crippen LogP contribution in [0.5, 0.6) is 23.0 Å². The van der Waals surface area contributed by atoms with Crippen molar-refractivity contribution in [2.45, 2.75) is 9.79 Å². The number of hydrogen-bond acceptors (Lipinski definition) is 9. The van der Waals surface area contributed by atoms with Crippen LogP contribution in [-0.4, -0.2) is 31.7 Å². The minimum absolute atomic E-state index is 0.221. The molecule has 0 amide bonds. The highest BCUT2D eigenvalue weighted by atomic mass is 32.2. The fourth-order valence-corrected chi connectivity index (χ4v) is 6.34. The summed E-state index contributed by atoms with van der Waals surface area (Å²) in [5.41, 5.74) is 12.6. The summed E-state index contributed by atoms with van der Waals surface area (Å²) in [6, 6.07) is 27.0. The number of ketones is 1. The molecule has 0 aliphatic carbocycles. The quantitative estimate of drug-likeness (QED) is 0.0796. The number of nitrogens with two attached hydrogens (primary N) is 2. The van der Waals surface area contributed by atoms with Gasteiger partial charge in [0, 0.05) is 44.0 Å². The van der Waals surface area contributed by atoms with E-state index < -0.39 is 35.8 Å². The molecule has 13 heteroatoms. The van der Waals surface area contributed by atoms with Gasteiger partial charge in [-0.1, -0.05) is 48.5 Å². The highest BCUT2D eigenvalue weighted by Crippen LogP contribution is 2.38. The maximum atomic E-state index is 13.5. The monoisotopic (exact) mass is 656 g/mol. The van der Waals surface area contributed by atoms with Gasteiger partial charge < -0.3 is 20.9 Å². The van der Waals surface area contributed by atoms with E-state index in [1.807, 2.05) is 0 Å². The predicted octanol–water partition coefficient (Wildman–Crippen LogP) is 6.47. The SMILES string of the molecule is Nc1cccc2c(Oc3ccc(C(=O)c4ccc(Oc5cccc6c(N)cccc56)c(S(=O)(=O)O)c4)cc3S(=O)(=O)O)cccc12. The fraction of sp³-hybridized carbons (Fsp3) is 0. The fourth-order valence-electron chi connectivity index (χ4n) is 5.06. The number of carbonyl (C=O) groups is 1. The molecule has 0 spiro atoms. The molecule has 6 N–H and O–H groups in total. The molecule has 46 heavy (non-hydrogen) atoms. The van der Waals surface area contributed by atoms with E-state index in [2.05, 4.69) is 0 Å². The number of carbonyl (C=O) groups excluding carboxylic acids is 1. The Morgan fingerprint density at radius 3 is 1.26 bits per heavy atom. The molecule has 0 atom stereocenters. The first-order valence-electron chi connectivity index (χ1n) is 13.5. The lowest BCUT2D eigenvalue weighted by Crippen LogP contribution is -2.08. The van der Waals surface area contributed by atoms with Crippen LogP contribution in [0.3, 0.4) is 0 Å². The Kier molecular flexibility index (Phi) is 7.62. The van der Waals surface area contributed by atoms with Gasteiger partial charge in [-0.05, 0) is 60.7 Å². The first-order chi connectivity index (χ1) is 21.8. The average molecular weight is 657 g/mol. The minimum Gasteiger partial charge on any atom is -0.455 e. The summed E-state index contributed by atoms with van der Waals surface area (Å²) in [5.74, 6) is -0.866. The van der Waals surface area contributed by atoms with Crippen molar-refractivity contribution in [2.24, 2.45) is 0 Å². The molecule has 0 unspecified atom stereocenters. The normalized spacial score (nSPS) is 11.9. The smallest absolute Gasteiger partial charge is 0.298 e. The van der Waals surface area contributed by atoms with Gasteiger partial charge in [-0.25, -0.2) is 0 Å². The Labute approximate surface area is 263 Å². The van der Waals surface area contributed by atoms with Crippen molar-refractivity contribution in [1.29, 1.82) is 0 Å². The topological polar surface area (TPSA) is 196 Å². The van der Waals surface area contributed by atoms with Crippen molar-refractivity contribution >= 4 is 58.9 Å². The average Bonchev–Trinajstić information content (AvgIpc) is 3.01. The number of fused-ring (bicyclic) bond motifs is 2. The van der Waals surface area contributed by atoms with Crippen LogP contribution in [-0.2, 0) is 20.2 Å². The molecule has 6 aromatic rings. The molecule has 0 saturated carbocycles. The van der Waals surface area contributed by atoms with Crippen molar-refractivity contribution < 1.29 is 40.2 Å². The van der Waals surface area contributed by atoms with E-state index >= 15 is 0 Å². The molecule has 0 radical (unpaired) electrons. The van der Waals surface area contributed by atoms with Gasteiger partial charge in [0.05, 0.1) is 0 Å². The van der Waals surface area contributed by atoms with E-state index in [-0.39, 0.29) is 34.1 Å². The second-order valence-electron chi connectivity index (χ2n) is 10.2. The van der Waals surface area contributed by atoms with Gasteiger partial charge in [0.15, 0.2) is 5.78 Å². The van der Waals surface area contributed by atoms with E-state index in [1.165, 1.54) is 24.3 Å². The largest absolute Gasteiger partial charge is 0.455 e. The van der Waals surface area contributed by atoms with Gasteiger partial charge in [0.25, 0.3) is 20.2 Å². The van der Waals surface area contributed by atoms with Gasteiger partial charge in [-0.3, -0.25) is 13.9 Å². The highest BCUT2D eigenvalue weighted by Gasteiger charge is 2.25. The molecule has 0 aliphatic heterocycles. The zero-order valence-electron chi connectivity index (χ0n) is 23.6. The lowest BCUT2D eigenvalue weighted by Gasteiger charge is -2.14. The second-order valence-corrected chi connectivity index (χ2v) is 13.0. The molecule has 232 valence electrons. The van der Waals surface area contributed by atoms with Crippen LogP contribution in [0.1, 0.15) is 15.9 Å². The van der Waals surface area contributed by atoms with Crippen molar-refractivity contribution in [3.8, 4) is 23.0 Å². The summed E-state index contributed by atoms with van der Waals surface area (Å²) in [6.07, 6.45) is 0. The molecular formula is C33H24N2O9S2. The number of benzene rings is 6. The number of rotatable bonds is 8. The molecule has 0 saturated heterocycles. The highest BCUT2D eigenvalue weighted by molar-refractivity contribution is 7.86.